The van der Waals surface area contributed by atoms with Gasteiger partial charge in [0.25, 0.3) is 11.8 Å². The monoisotopic (exact) mass is 360 g/mol. The van der Waals surface area contributed by atoms with E-state index in [4.69, 9.17) is 9.84 Å². The fraction of sp³-hybridized carbons (Fsp3) is 0.444. The van der Waals surface area contributed by atoms with Crippen molar-refractivity contribution in [2.45, 2.75) is 31.7 Å². The SMILES string of the molecule is O=C1CCC(N2C(=O)c3cccc(CCCOCCO)c3C2=O)C(=O)N1. The van der Waals surface area contributed by atoms with Gasteiger partial charge in [0.15, 0.2) is 0 Å². The molecule has 138 valence electrons. The van der Waals surface area contributed by atoms with Crippen LogP contribution in [-0.2, 0) is 20.7 Å². The van der Waals surface area contributed by atoms with Gasteiger partial charge in [0.05, 0.1) is 24.3 Å². The first-order valence-corrected chi connectivity index (χ1v) is 8.56. The van der Waals surface area contributed by atoms with Crippen LogP contribution >= 0.6 is 0 Å². The van der Waals surface area contributed by atoms with Gasteiger partial charge in [0.1, 0.15) is 6.04 Å². The van der Waals surface area contributed by atoms with Crippen molar-refractivity contribution in [2.75, 3.05) is 19.8 Å². The lowest BCUT2D eigenvalue weighted by Gasteiger charge is -2.27. The van der Waals surface area contributed by atoms with Gasteiger partial charge in [-0.3, -0.25) is 29.4 Å². The van der Waals surface area contributed by atoms with Crippen LogP contribution in [0.2, 0.25) is 0 Å². The van der Waals surface area contributed by atoms with Crippen LogP contribution in [0.4, 0.5) is 0 Å². The van der Waals surface area contributed by atoms with E-state index >= 15 is 0 Å². The first kappa shape index (κ1) is 18.2. The number of nitrogens with one attached hydrogen (secondary N) is 1. The predicted octanol–water partition coefficient (Wildman–Crippen LogP) is 0.0293. The molecule has 1 atom stereocenters. The number of aliphatic hydroxyl groups excluding tert-OH is 1. The summed E-state index contributed by atoms with van der Waals surface area (Å²) in [5.74, 6) is -2.01. The van der Waals surface area contributed by atoms with Crippen LogP contribution < -0.4 is 5.32 Å². The summed E-state index contributed by atoms with van der Waals surface area (Å²) in [6.07, 6.45) is 1.41. The molecule has 1 saturated heterocycles. The number of amides is 4. The number of imide groups is 2. The molecule has 2 heterocycles. The van der Waals surface area contributed by atoms with E-state index in [2.05, 4.69) is 5.32 Å². The summed E-state index contributed by atoms with van der Waals surface area (Å²) < 4.78 is 5.22. The zero-order valence-corrected chi connectivity index (χ0v) is 14.2. The molecule has 3 rings (SSSR count). The number of nitrogens with zero attached hydrogens (tertiary/aromatic N) is 1. The summed E-state index contributed by atoms with van der Waals surface area (Å²) in [6.45, 7) is 0.644. The maximum absolute atomic E-state index is 12.9. The van der Waals surface area contributed by atoms with Crippen molar-refractivity contribution in [3.05, 3.63) is 34.9 Å². The number of ether oxygens (including phenoxy) is 1. The molecule has 4 amide bonds. The van der Waals surface area contributed by atoms with E-state index in [-0.39, 0.29) is 31.6 Å². The molecule has 1 unspecified atom stereocenters. The minimum absolute atomic E-state index is 0.0470. The molecule has 0 aromatic heterocycles. The van der Waals surface area contributed by atoms with Gasteiger partial charge in [0, 0.05) is 13.0 Å². The molecule has 0 aliphatic carbocycles. The van der Waals surface area contributed by atoms with Crippen LogP contribution in [0.5, 0.6) is 0 Å². The zero-order valence-electron chi connectivity index (χ0n) is 14.2. The van der Waals surface area contributed by atoms with Gasteiger partial charge in [-0.1, -0.05) is 12.1 Å². The number of carbonyl (C=O) groups is 4. The number of aliphatic hydroxyl groups is 1. The van der Waals surface area contributed by atoms with Gasteiger partial charge in [0.2, 0.25) is 11.8 Å². The highest BCUT2D eigenvalue weighted by Crippen LogP contribution is 2.30. The number of carbonyl (C=O) groups excluding carboxylic acids is 4. The van der Waals surface area contributed by atoms with Crippen molar-refractivity contribution in [2.24, 2.45) is 0 Å². The topological polar surface area (TPSA) is 113 Å². The molecular weight excluding hydrogens is 340 g/mol. The highest BCUT2D eigenvalue weighted by Gasteiger charge is 2.45. The molecule has 26 heavy (non-hydrogen) atoms. The van der Waals surface area contributed by atoms with Crippen molar-refractivity contribution < 1.29 is 29.0 Å². The lowest BCUT2D eigenvalue weighted by molar-refractivity contribution is -0.136. The van der Waals surface area contributed by atoms with Crippen LogP contribution in [0.15, 0.2) is 18.2 Å². The third-order valence-corrected chi connectivity index (χ3v) is 4.52. The van der Waals surface area contributed by atoms with Crippen molar-refractivity contribution in [3.63, 3.8) is 0 Å². The summed E-state index contributed by atoms with van der Waals surface area (Å²) in [7, 11) is 0. The van der Waals surface area contributed by atoms with E-state index in [1.807, 2.05) is 0 Å². The number of aryl methyl sites for hydroxylation is 1. The van der Waals surface area contributed by atoms with Gasteiger partial charge in [-0.15, -0.1) is 0 Å². The van der Waals surface area contributed by atoms with E-state index < -0.39 is 29.7 Å². The number of hydrogen-bond donors (Lipinski definition) is 2. The van der Waals surface area contributed by atoms with Crippen LogP contribution in [0.3, 0.4) is 0 Å². The van der Waals surface area contributed by atoms with Gasteiger partial charge in [-0.25, -0.2) is 0 Å². The highest BCUT2D eigenvalue weighted by molar-refractivity contribution is 6.24. The Morgan fingerprint density at radius 1 is 1.15 bits per heavy atom. The number of hydrogen-bond acceptors (Lipinski definition) is 6. The maximum Gasteiger partial charge on any atom is 0.262 e. The second-order valence-electron chi connectivity index (χ2n) is 6.23. The molecule has 8 heteroatoms. The molecule has 0 saturated carbocycles. The summed E-state index contributed by atoms with van der Waals surface area (Å²) >= 11 is 0. The second kappa shape index (κ2) is 7.76. The Labute approximate surface area is 150 Å². The number of piperidine rings is 1. The normalized spacial score (nSPS) is 19.7. The Morgan fingerprint density at radius 2 is 1.96 bits per heavy atom. The first-order valence-electron chi connectivity index (χ1n) is 8.56. The summed E-state index contributed by atoms with van der Waals surface area (Å²) in [4.78, 5) is 49.9. The second-order valence-corrected chi connectivity index (χ2v) is 6.23. The Hall–Kier alpha value is -2.58. The molecule has 1 fully saturated rings. The molecule has 1 aromatic rings. The Balaban J connectivity index is 1.78. The largest absolute Gasteiger partial charge is 0.394 e. The summed E-state index contributed by atoms with van der Waals surface area (Å²) in [5.41, 5.74) is 1.33. The van der Waals surface area contributed by atoms with Crippen molar-refractivity contribution in [1.29, 1.82) is 0 Å². The van der Waals surface area contributed by atoms with Crippen molar-refractivity contribution in [3.8, 4) is 0 Å². The van der Waals surface area contributed by atoms with Crippen LogP contribution in [0.25, 0.3) is 0 Å². The van der Waals surface area contributed by atoms with Crippen LogP contribution in [0, 0.1) is 0 Å². The number of rotatable bonds is 7. The average Bonchev–Trinajstić information content (AvgIpc) is 2.87. The van der Waals surface area contributed by atoms with Gasteiger partial charge < -0.3 is 9.84 Å². The first-order chi connectivity index (χ1) is 12.5. The van der Waals surface area contributed by atoms with E-state index in [1.54, 1.807) is 18.2 Å². The minimum atomic E-state index is -0.958. The third kappa shape index (κ3) is 3.38. The zero-order chi connectivity index (χ0) is 18.7. The van der Waals surface area contributed by atoms with E-state index in [0.717, 1.165) is 10.5 Å². The molecule has 2 aliphatic heterocycles. The Morgan fingerprint density at radius 3 is 2.69 bits per heavy atom. The third-order valence-electron chi connectivity index (χ3n) is 4.52. The standard InChI is InChI=1S/C18H20N2O6/c21-8-10-26-9-2-4-11-3-1-5-12-15(11)18(25)20(17(12)24)13-6-7-14(22)19-16(13)23/h1,3,5,13,21H,2,4,6-10H2,(H,19,22,23). The van der Waals surface area contributed by atoms with Crippen LogP contribution in [0.1, 0.15) is 45.5 Å². The van der Waals surface area contributed by atoms with Crippen molar-refractivity contribution >= 4 is 23.6 Å². The molecule has 2 aliphatic rings. The van der Waals surface area contributed by atoms with E-state index in [1.165, 1.54) is 0 Å². The lowest BCUT2D eigenvalue weighted by atomic mass is 9.99. The number of fused-ring (bicyclic) bond motifs is 1. The fourth-order valence-electron chi connectivity index (χ4n) is 3.32. The number of benzene rings is 1. The fourth-order valence-corrected chi connectivity index (χ4v) is 3.32. The van der Waals surface area contributed by atoms with Crippen LogP contribution in [-0.4, -0.2) is 59.5 Å². The maximum atomic E-state index is 12.9. The summed E-state index contributed by atoms with van der Waals surface area (Å²) in [5, 5.41) is 10.9. The molecule has 8 nitrogen and oxygen atoms in total. The molecule has 0 bridgehead atoms. The Kier molecular flexibility index (Phi) is 5.43. The smallest absolute Gasteiger partial charge is 0.262 e. The molecule has 2 N–H and O–H groups in total. The quantitative estimate of drug-likeness (QED) is 0.524. The molecule has 1 aromatic carbocycles. The predicted molar refractivity (Wildman–Crippen MR) is 89.3 cm³/mol. The molecular formula is C18H20N2O6. The van der Waals surface area contributed by atoms with E-state index in [9.17, 15) is 19.2 Å². The van der Waals surface area contributed by atoms with Crippen molar-refractivity contribution in [1.82, 2.24) is 10.2 Å². The average molecular weight is 360 g/mol. The molecule has 0 radical (unpaired) electrons. The summed E-state index contributed by atoms with van der Waals surface area (Å²) in [6, 6.07) is 4.11. The lowest BCUT2D eigenvalue weighted by Crippen LogP contribution is -2.54. The van der Waals surface area contributed by atoms with Gasteiger partial charge in [-0.05, 0) is 30.9 Å². The van der Waals surface area contributed by atoms with Gasteiger partial charge in [-0.2, -0.15) is 0 Å². The van der Waals surface area contributed by atoms with Gasteiger partial charge >= 0.3 is 0 Å². The minimum Gasteiger partial charge on any atom is -0.394 e. The Bertz CT molecular complexity index is 760. The highest BCUT2D eigenvalue weighted by atomic mass is 16.5. The van der Waals surface area contributed by atoms with E-state index in [0.29, 0.717) is 25.0 Å². The molecule has 0 spiro atoms.